The molecule has 0 bridgehead atoms. The van der Waals surface area contributed by atoms with E-state index in [2.05, 4.69) is 0 Å². The number of phenolic OH excluding ortho intramolecular Hbond substituents is 2. The maximum Gasteiger partial charge on any atom is 0.311 e. The summed E-state index contributed by atoms with van der Waals surface area (Å²) in [5.41, 5.74) is -0.226. The van der Waals surface area contributed by atoms with Gasteiger partial charge in [0.1, 0.15) is 23.0 Å². The molecular formula is C14H17NO6. The summed E-state index contributed by atoms with van der Waals surface area (Å²) in [4.78, 5) is 25.0. The molecule has 1 saturated heterocycles. The first kappa shape index (κ1) is 15.1. The Labute approximate surface area is 121 Å². The molecule has 0 radical (unpaired) electrons. The first-order valence-corrected chi connectivity index (χ1v) is 6.59. The third-order valence-corrected chi connectivity index (χ3v) is 3.60. The smallest absolute Gasteiger partial charge is 0.311 e. The van der Waals surface area contributed by atoms with Crippen molar-refractivity contribution >= 4 is 11.9 Å². The molecule has 1 aliphatic rings. The number of hydrogen-bond acceptors (Lipinski definition) is 5. The van der Waals surface area contributed by atoms with Crippen molar-refractivity contribution in [1.29, 1.82) is 0 Å². The summed E-state index contributed by atoms with van der Waals surface area (Å²) in [6.07, 6.45) is 0. The molecule has 2 atom stereocenters. The van der Waals surface area contributed by atoms with Gasteiger partial charge in [0, 0.05) is 6.54 Å². The highest BCUT2D eigenvalue weighted by Crippen LogP contribution is 2.30. The van der Waals surface area contributed by atoms with Gasteiger partial charge in [-0.3, -0.25) is 9.59 Å². The Morgan fingerprint density at radius 1 is 1.29 bits per heavy atom. The number of amides is 1. The maximum absolute atomic E-state index is 12.5. The van der Waals surface area contributed by atoms with Crippen LogP contribution in [0.25, 0.3) is 0 Å². The number of nitrogens with zero attached hydrogens (tertiary/aromatic N) is 1. The van der Waals surface area contributed by atoms with E-state index in [1.165, 1.54) is 23.1 Å². The number of aromatic hydroxyl groups is 2. The van der Waals surface area contributed by atoms with E-state index >= 15 is 0 Å². The minimum absolute atomic E-state index is 0.0382. The highest BCUT2D eigenvalue weighted by Gasteiger charge is 2.40. The molecule has 21 heavy (non-hydrogen) atoms. The minimum Gasteiger partial charge on any atom is -0.507 e. The molecule has 0 saturated carbocycles. The van der Waals surface area contributed by atoms with Gasteiger partial charge in [0.05, 0.1) is 19.3 Å². The third kappa shape index (κ3) is 2.78. The number of carboxylic acid groups (broad SMARTS) is 1. The van der Waals surface area contributed by atoms with E-state index in [9.17, 15) is 24.9 Å². The number of carbonyl (C=O) groups is 2. The molecule has 1 aromatic rings. The number of likely N-dealkylation sites (N-methyl/N-ethyl adjacent to an activating group) is 1. The first-order valence-electron chi connectivity index (χ1n) is 6.59. The molecule has 7 heteroatoms. The second kappa shape index (κ2) is 6.01. The van der Waals surface area contributed by atoms with Gasteiger partial charge in [-0.15, -0.1) is 0 Å². The van der Waals surface area contributed by atoms with Gasteiger partial charge in [0.15, 0.2) is 0 Å². The van der Waals surface area contributed by atoms with Crippen molar-refractivity contribution in [3.63, 3.8) is 0 Å². The van der Waals surface area contributed by atoms with Crippen LogP contribution in [0.15, 0.2) is 18.2 Å². The summed E-state index contributed by atoms with van der Waals surface area (Å²) in [6, 6.07) is 3.37. The molecule has 0 aliphatic carbocycles. The summed E-state index contributed by atoms with van der Waals surface area (Å²) in [5.74, 6) is -3.16. The molecule has 1 heterocycles. The normalized spacial score (nSPS) is 21.2. The Balaban J connectivity index is 2.33. The number of rotatable bonds is 4. The number of benzene rings is 1. The monoisotopic (exact) mass is 295 g/mol. The van der Waals surface area contributed by atoms with E-state index in [1.807, 2.05) is 0 Å². The molecule has 2 unspecified atom stereocenters. The summed E-state index contributed by atoms with van der Waals surface area (Å²) in [7, 11) is 0. The fourth-order valence-corrected chi connectivity index (χ4v) is 2.51. The zero-order valence-electron chi connectivity index (χ0n) is 11.5. The average molecular weight is 295 g/mol. The lowest BCUT2D eigenvalue weighted by Gasteiger charge is -2.29. The Kier molecular flexibility index (Phi) is 4.32. The van der Waals surface area contributed by atoms with Crippen LogP contribution in [-0.4, -0.2) is 57.9 Å². The van der Waals surface area contributed by atoms with Gasteiger partial charge in [-0.05, 0) is 19.1 Å². The lowest BCUT2D eigenvalue weighted by molar-refractivity contribution is -0.142. The topological polar surface area (TPSA) is 107 Å². The number of phenols is 2. The summed E-state index contributed by atoms with van der Waals surface area (Å²) in [5, 5.41) is 28.7. The number of hydrogen-bond donors (Lipinski definition) is 3. The number of carbonyl (C=O) groups excluding carboxylic acids is 1. The summed E-state index contributed by atoms with van der Waals surface area (Å²) in [6.45, 7) is 2.10. The van der Waals surface area contributed by atoms with Crippen LogP contribution in [0.2, 0.25) is 0 Å². The van der Waals surface area contributed by atoms with Crippen LogP contribution >= 0.6 is 0 Å². The van der Waals surface area contributed by atoms with Crippen LogP contribution in [0.4, 0.5) is 0 Å². The van der Waals surface area contributed by atoms with Crippen molar-refractivity contribution in [3.8, 4) is 11.5 Å². The zero-order valence-corrected chi connectivity index (χ0v) is 11.5. The van der Waals surface area contributed by atoms with Gasteiger partial charge in [-0.2, -0.15) is 0 Å². The number of aliphatic carboxylic acids is 1. The SMILES string of the molecule is CCN(C(=O)c1c(O)cccc1O)C1COCC1C(=O)O. The van der Waals surface area contributed by atoms with Crippen molar-refractivity contribution in [2.45, 2.75) is 13.0 Å². The lowest BCUT2D eigenvalue weighted by Crippen LogP contribution is -2.46. The molecule has 1 amide bonds. The summed E-state index contributed by atoms with van der Waals surface area (Å²) >= 11 is 0. The van der Waals surface area contributed by atoms with E-state index in [1.54, 1.807) is 6.92 Å². The molecule has 0 aromatic heterocycles. The van der Waals surface area contributed by atoms with E-state index < -0.39 is 23.8 Å². The second-order valence-corrected chi connectivity index (χ2v) is 4.81. The van der Waals surface area contributed by atoms with E-state index in [0.717, 1.165) is 0 Å². The first-order chi connectivity index (χ1) is 9.97. The molecule has 1 aromatic carbocycles. The Morgan fingerprint density at radius 3 is 2.43 bits per heavy atom. The zero-order chi connectivity index (χ0) is 15.6. The van der Waals surface area contributed by atoms with E-state index in [0.29, 0.717) is 0 Å². The fourth-order valence-electron chi connectivity index (χ4n) is 2.51. The molecular weight excluding hydrogens is 278 g/mol. The van der Waals surface area contributed by atoms with Crippen LogP contribution in [0, 0.1) is 5.92 Å². The minimum atomic E-state index is -1.04. The second-order valence-electron chi connectivity index (χ2n) is 4.81. The van der Waals surface area contributed by atoms with Crippen LogP contribution in [0.3, 0.4) is 0 Å². The lowest BCUT2D eigenvalue weighted by atomic mass is 10.0. The largest absolute Gasteiger partial charge is 0.507 e. The molecule has 1 fully saturated rings. The molecule has 7 nitrogen and oxygen atoms in total. The van der Waals surface area contributed by atoms with Crippen molar-refractivity contribution in [2.75, 3.05) is 19.8 Å². The third-order valence-electron chi connectivity index (χ3n) is 3.60. The van der Waals surface area contributed by atoms with Crippen molar-refractivity contribution < 1.29 is 29.6 Å². The Morgan fingerprint density at radius 2 is 1.90 bits per heavy atom. The van der Waals surface area contributed by atoms with Gasteiger partial charge < -0.3 is 25.0 Å². The predicted octanol–water partition coefficient (Wildman–Crippen LogP) is 0.659. The van der Waals surface area contributed by atoms with Gasteiger partial charge in [0.25, 0.3) is 5.91 Å². The molecule has 114 valence electrons. The van der Waals surface area contributed by atoms with E-state index in [-0.39, 0.29) is 36.8 Å². The summed E-state index contributed by atoms with van der Waals surface area (Å²) < 4.78 is 5.16. The molecule has 1 aliphatic heterocycles. The van der Waals surface area contributed by atoms with Gasteiger partial charge >= 0.3 is 5.97 Å². The maximum atomic E-state index is 12.5. The van der Waals surface area contributed by atoms with Crippen molar-refractivity contribution in [1.82, 2.24) is 4.90 Å². The standard InChI is InChI=1S/C14H17NO6/c1-2-15(9-7-21-6-8(9)14(19)20)13(18)12-10(16)4-3-5-11(12)17/h3-5,8-9,16-17H,2,6-7H2,1H3,(H,19,20). The van der Waals surface area contributed by atoms with Crippen LogP contribution in [0.1, 0.15) is 17.3 Å². The quantitative estimate of drug-likeness (QED) is 0.753. The average Bonchev–Trinajstić information content (AvgIpc) is 2.88. The van der Waals surface area contributed by atoms with Crippen molar-refractivity contribution in [3.05, 3.63) is 23.8 Å². The molecule has 3 N–H and O–H groups in total. The van der Waals surface area contributed by atoms with Crippen LogP contribution in [-0.2, 0) is 9.53 Å². The van der Waals surface area contributed by atoms with Crippen LogP contribution < -0.4 is 0 Å². The Hall–Kier alpha value is -2.28. The van der Waals surface area contributed by atoms with Gasteiger partial charge in [-0.1, -0.05) is 6.07 Å². The highest BCUT2D eigenvalue weighted by atomic mass is 16.5. The molecule has 0 spiro atoms. The highest BCUT2D eigenvalue weighted by molar-refractivity contribution is 5.99. The van der Waals surface area contributed by atoms with Crippen LogP contribution in [0.5, 0.6) is 11.5 Å². The van der Waals surface area contributed by atoms with Crippen molar-refractivity contribution in [2.24, 2.45) is 5.92 Å². The molecule has 2 rings (SSSR count). The van der Waals surface area contributed by atoms with Gasteiger partial charge in [0.2, 0.25) is 0 Å². The predicted molar refractivity (Wildman–Crippen MR) is 72.2 cm³/mol. The van der Waals surface area contributed by atoms with E-state index in [4.69, 9.17) is 4.74 Å². The number of ether oxygens (including phenoxy) is 1. The Bertz CT molecular complexity index is 538. The fraction of sp³-hybridized carbons (Fsp3) is 0.429. The number of carboxylic acids is 1. The van der Waals surface area contributed by atoms with Gasteiger partial charge in [-0.25, -0.2) is 0 Å².